The second-order valence-corrected chi connectivity index (χ2v) is 6.07. The maximum Gasteiger partial charge on any atom is 0.234 e. The number of nitrogens with one attached hydrogen (secondary N) is 2. The summed E-state index contributed by atoms with van der Waals surface area (Å²) in [6.07, 6.45) is 11.4. The first kappa shape index (κ1) is 13.9. The normalized spacial score (nSPS) is 29.4. The molecule has 2 atom stereocenters. The molecule has 3 nitrogen and oxygen atoms in total. The molecule has 3 heteroatoms. The van der Waals surface area contributed by atoms with Crippen molar-refractivity contribution in [2.45, 2.75) is 76.8 Å². The van der Waals surface area contributed by atoms with Crippen molar-refractivity contribution in [2.75, 3.05) is 6.54 Å². The molecular weight excluding hydrogens is 224 g/mol. The summed E-state index contributed by atoms with van der Waals surface area (Å²) in [4.78, 5) is 11.8. The van der Waals surface area contributed by atoms with Crippen molar-refractivity contribution in [3.05, 3.63) is 0 Å². The van der Waals surface area contributed by atoms with Crippen molar-refractivity contribution in [3.63, 3.8) is 0 Å². The van der Waals surface area contributed by atoms with E-state index in [1.165, 1.54) is 57.8 Å². The molecule has 2 fully saturated rings. The van der Waals surface area contributed by atoms with E-state index in [2.05, 4.69) is 17.6 Å². The van der Waals surface area contributed by atoms with E-state index in [4.69, 9.17) is 0 Å². The molecule has 2 rings (SSSR count). The van der Waals surface area contributed by atoms with Crippen LogP contribution < -0.4 is 10.6 Å². The minimum Gasteiger partial charge on any atom is -0.352 e. The molecule has 2 N–H and O–H groups in total. The lowest BCUT2D eigenvalue weighted by Gasteiger charge is -2.29. The zero-order valence-electron chi connectivity index (χ0n) is 11.7. The maximum atomic E-state index is 11.8. The van der Waals surface area contributed by atoms with Crippen LogP contribution in [-0.2, 0) is 4.79 Å². The van der Waals surface area contributed by atoms with Gasteiger partial charge in [-0.25, -0.2) is 0 Å². The lowest BCUT2D eigenvalue weighted by atomic mass is 9.84. The average Bonchev–Trinajstić information content (AvgIpc) is 2.89. The third-order valence-electron chi connectivity index (χ3n) is 4.63. The predicted molar refractivity (Wildman–Crippen MR) is 74.4 cm³/mol. The summed E-state index contributed by atoms with van der Waals surface area (Å²) in [5, 5.41) is 6.59. The third-order valence-corrected chi connectivity index (χ3v) is 4.63. The lowest BCUT2D eigenvalue weighted by Crippen LogP contribution is -2.43. The molecule has 104 valence electrons. The third kappa shape index (κ3) is 4.27. The highest BCUT2D eigenvalue weighted by molar-refractivity contribution is 5.78. The van der Waals surface area contributed by atoms with Crippen LogP contribution in [0.25, 0.3) is 0 Å². The van der Waals surface area contributed by atoms with E-state index in [9.17, 15) is 4.79 Å². The Bertz CT molecular complexity index is 261. The van der Waals surface area contributed by atoms with Crippen LogP contribution in [0.15, 0.2) is 0 Å². The van der Waals surface area contributed by atoms with Gasteiger partial charge < -0.3 is 10.6 Å². The van der Waals surface area contributed by atoms with Gasteiger partial charge in [0.2, 0.25) is 5.91 Å². The Morgan fingerprint density at radius 2 is 1.78 bits per heavy atom. The molecule has 0 aliphatic heterocycles. The molecule has 2 unspecified atom stereocenters. The van der Waals surface area contributed by atoms with Crippen molar-refractivity contribution in [1.82, 2.24) is 10.6 Å². The second-order valence-electron chi connectivity index (χ2n) is 6.07. The largest absolute Gasteiger partial charge is 0.352 e. The number of amides is 1. The van der Waals surface area contributed by atoms with Crippen molar-refractivity contribution in [3.8, 4) is 0 Å². The van der Waals surface area contributed by atoms with Crippen LogP contribution in [0.4, 0.5) is 0 Å². The van der Waals surface area contributed by atoms with Gasteiger partial charge in [-0.2, -0.15) is 0 Å². The van der Waals surface area contributed by atoms with Gasteiger partial charge in [-0.15, -0.1) is 0 Å². The molecular formula is C15H28N2O. The number of carbonyl (C=O) groups excluding carboxylic acids is 1. The quantitative estimate of drug-likeness (QED) is 0.789. The van der Waals surface area contributed by atoms with Gasteiger partial charge in [-0.1, -0.05) is 39.0 Å². The maximum absolute atomic E-state index is 11.8. The van der Waals surface area contributed by atoms with E-state index < -0.39 is 0 Å². The molecule has 2 aliphatic carbocycles. The van der Waals surface area contributed by atoms with Crippen LogP contribution in [0.5, 0.6) is 0 Å². The highest BCUT2D eigenvalue weighted by Gasteiger charge is 2.21. The molecule has 0 aromatic rings. The monoisotopic (exact) mass is 252 g/mol. The van der Waals surface area contributed by atoms with Gasteiger partial charge in [-0.05, 0) is 31.6 Å². The van der Waals surface area contributed by atoms with Crippen molar-refractivity contribution in [2.24, 2.45) is 5.92 Å². The molecule has 2 aliphatic rings. The molecule has 0 radical (unpaired) electrons. The van der Waals surface area contributed by atoms with Gasteiger partial charge in [0.25, 0.3) is 0 Å². The summed E-state index contributed by atoms with van der Waals surface area (Å²) >= 11 is 0. The van der Waals surface area contributed by atoms with E-state index >= 15 is 0 Å². The molecule has 0 aromatic carbocycles. The highest BCUT2D eigenvalue weighted by Crippen LogP contribution is 2.26. The van der Waals surface area contributed by atoms with Crippen LogP contribution in [0, 0.1) is 5.92 Å². The second kappa shape index (κ2) is 7.13. The van der Waals surface area contributed by atoms with E-state index in [0.29, 0.717) is 18.6 Å². The van der Waals surface area contributed by atoms with Crippen LogP contribution >= 0.6 is 0 Å². The highest BCUT2D eigenvalue weighted by atomic mass is 16.1. The fourth-order valence-electron chi connectivity index (χ4n) is 3.43. The number of hydrogen-bond donors (Lipinski definition) is 2. The summed E-state index contributed by atoms with van der Waals surface area (Å²) in [7, 11) is 0. The molecule has 0 heterocycles. The van der Waals surface area contributed by atoms with E-state index in [0.717, 1.165) is 5.92 Å². The van der Waals surface area contributed by atoms with Crippen molar-refractivity contribution >= 4 is 5.91 Å². The van der Waals surface area contributed by atoms with Gasteiger partial charge >= 0.3 is 0 Å². The predicted octanol–water partition coefficient (Wildman–Crippen LogP) is 2.60. The van der Waals surface area contributed by atoms with Crippen LogP contribution in [-0.4, -0.2) is 24.5 Å². The summed E-state index contributed by atoms with van der Waals surface area (Å²) in [5.41, 5.74) is 0. The minimum absolute atomic E-state index is 0.195. The van der Waals surface area contributed by atoms with Gasteiger partial charge in [0.1, 0.15) is 0 Å². The Morgan fingerprint density at radius 3 is 2.50 bits per heavy atom. The standard InChI is InChI=1S/C15H28N2O/c1-2-12-6-5-9-14(10-12)16-11-15(18)17-13-7-3-4-8-13/h12-14,16H,2-11H2,1H3,(H,17,18). The summed E-state index contributed by atoms with van der Waals surface area (Å²) in [5.74, 6) is 1.06. The smallest absolute Gasteiger partial charge is 0.234 e. The topological polar surface area (TPSA) is 41.1 Å². The number of hydrogen-bond acceptors (Lipinski definition) is 2. The molecule has 1 amide bonds. The lowest BCUT2D eigenvalue weighted by molar-refractivity contribution is -0.121. The van der Waals surface area contributed by atoms with Crippen LogP contribution in [0.1, 0.15) is 64.7 Å². The number of rotatable bonds is 5. The van der Waals surface area contributed by atoms with Crippen LogP contribution in [0.2, 0.25) is 0 Å². The fourth-order valence-corrected chi connectivity index (χ4v) is 3.43. The minimum atomic E-state index is 0.195. The van der Waals surface area contributed by atoms with E-state index in [-0.39, 0.29) is 5.91 Å². The molecule has 18 heavy (non-hydrogen) atoms. The Balaban J connectivity index is 1.62. The first-order chi connectivity index (χ1) is 8.78. The van der Waals surface area contributed by atoms with E-state index in [1.54, 1.807) is 0 Å². The molecule has 0 aromatic heterocycles. The SMILES string of the molecule is CCC1CCCC(NCC(=O)NC2CCCC2)C1. The first-order valence-corrected chi connectivity index (χ1v) is 7.80. The zero-order chi connectivity index (χ0) is 12.8. The Labute approximate surface area is 111 Å². The van der Waals surface area contributed by atoms with Gasteiger partial charge in [0.15, 0.2) is 0 Å². The first-order valence-electron chi connectivity index (χ1n) is 7.80. The number of carbonyl (C=O) groups is 1. The average molecular weight is 252 g/mol. The molecule has 0 spiro atoms. The van der Waals surface area contributed by atoms with Crippen molar-refractivity contribution in [1.29, 1.82) is 0 Å². The summed E-state index contributed by atoms with van der Waals surface area (Å²) < 4.78 is 0. The Kier molecular flexibility index (Phi) is 5.48. The van der Waals surface area contributed by atoms with E-state index in [1.807, 2.05) is 0 Å². The Hall–Kier alpha value is -0.570. The van der Waals surface area contributed by atoms with Crippen molar-refractivity contribution < 1.29 is 4.79 Å². The fraction of sp³-hybridized carbons (Fsp3) is 0.933. The zero-order valence-corrected chi connectivity index (χ0v) is 11.7. The van der Waals surface area contributed by atoms with Gasteiger partial charge in [-0.3, -0.25) is 4.79 Å². The molecule has 0 bridgehead atoms. The molecule has 0 saturated heterocycles. The van der Waals surface area contributed by atoms with Crippen LogP contribution in [0.3, 0.4) is 0 Å². The molecule has 2 saturated carbocycles. The van der Waals surface area contributed by atoms with Gasteiger partial charge in [0, 0.05) is 12.1 Å². The Morgan fingerprint density at radius 1 is 1.06 bits per heavy atom. The van der Waals surface area contributed by atoms with Gasteiger partial charge in [0.05, 0.1) is 6.54 Å². The summed E-state index contributed by atoms with van der Waals surface area (Å²) in [6.45, 7) is 2.79. The summed E-state index contributed by atoms with van der Waals surface area (Å²) in [6, 6.07) is 1.02.